The lowest BCUT2D eigenvalue weighted by Gasteiger charge is -2.15. The Balaban J connectivity index is 2.72. The lowest BCUT2D eigenvalue weighted by atomic mass is 10.0. The van der Waals surface area contributed by atoms with Crippen molar-refractivity contribution in [2.24, 2.45) is 11.8 Å². The van der Waals surface area contributed by atoms with Gasteiger partial charge in [-0.2, -0.15) is 0 Å². The molecule has 206 valence electrons. The van der Waals surface area contributed by atoms with Crippen molar-refractivity contribution in [3.05, 3.63) is 23.8 Å². The summed E-state index contributed by atoms with van der Waals surface area (Å²) in [7, 11) is 0. The molecule has 0 amide bonds. The first-order chi connectivity index (χ1) is 17.3. The van der Waals surface area contributed by atoms with Crippen LogP contribution < -0.4 is 9.47 Å². The highest BCUT2D eigenvalue weighted by atomic mass is 16.6. The zero-order valence-corrected chi connectivity index (χ0v) is 24.0. The monoisotopic (exact) mass is 502 g/mol. The number of aryl methyl sites for hydroxylation is 1. The summed E-state index contributed by atoms with van der Waals surface area (Å²) in [6.45, 7) is 11.0. The molecule has 0 spiro atoms. The van der Waals surface area contributed by atoms with Crippen molar-refractivity contribution in [1.29, 1.82) is 0 Å². The van der Waals surface area contributed by atoms with Crippen LogP contribution in [0.1, 0.15) is 143 Å². The second-order valence-corrected chi connectivity index (χ2v) is 11.2. The number of hydrogen-bond donors (Lipinski definition) is 0. The van der Waals surface area contributed by atoms with Gasteiger partial charge in [-0.05, 0) is 49.1 Å². The van der Waals surface area contributed by atoms with E-state index in [1.807, 2.05) is 12.1 Å². The fourth-order valence-electron chi connectivity index (χ4n) is 4.39. The highest BCUT2D eigenvalue weighted by molar-refractivity contribution is 5.76. The Kier molecular flexibility index (Phi) is 18.1. The largest absolute Gasteiger partial charge is 0.423 e. The van der Waals surface area contributed by atoms with Gasteiger partial charge in [-0.3, -0.25) is 9.59 Å². The van der Waals surface area contributed by atoms with Gasteiger partial charge in [0.25, 0.3) is 0 Å². The van der Waals surface area contributed by atoms with Crippen LogP contribution in [-0.2, 0) is 16.0 Å². The molecule has 0 bridgehead atoms. The highest BCUT2D eigenvalue weighted by Crippen LogP contribution is 2.33. The van der Waals surface area contributed by atoms with Gasteiger partial charge in [-0.1, -0.05) is 117 Å². The molecule has 0 aliphatic rings. The van der Waals surface area contributed by atoms with Gasteiger partial charge in [-0.15, -0.1) is 0 Å². The Morgan fingerprint density at radius 3 is 1.75 bits per heavy atom. The number of hydrogen-bond acceptors (Lipinski definition) is 4. The summed E-state index contributed by atoms with van der Waals surface area (Å²) < 4.78 is 11.6. The first-order valence-corrected chi connectivity index (χ1v) is 14.9. The van der Waals surface area contributed by atoms with Crippen LogP contribution in [0.15, 0.2) is 18.2 Å². The number of carbonyl (C=O) groups excluding carboxylic acids is 2. The van der Waals surface area contributed by atoms with E-state index in [4.69, 9.17) is 9.47 Å². The molecule has 0 N–H and O–H groups in total. The quantitative estimate of drug-likeness (QED) is 0.0953. The fourth-order valence-corrected chi connectivity index (χ4v) is 4.39. The van der Waals surface area contributed by atoms with Crippen molar-refractivity contribution < 1.29 is 19.1 Å². The minimum atomic E-state index is -0.253. The summed E-state index contributed by atoms with van der Waals surface area (Å²) in [4.78, 5) is 25.2. The molecule has 0 aliphatic carbocycles. The van der Waals surface area contributed by atoms with Gasteiger partial charge in [0, 0.05) is 12.8 Å². The Hall–Kier alpha value is -1.84. The Labute approximate surface area is 221 Å². The maximum Gasteiger partial charge on any atom is 0.311 e. The van der Waals surface area contributed by atoms with Crippen LogP contribution in [-0.4, -0.2) is 11.9 Å². The van der Waals surface area contributed by atoms with Crippen molar-refractivity contribution in [3.8, 4) is 11.5 Å². The summed E-state index contributed by atoms with van der Waals surface area (Å²) in [5.41, 5.74) is 0.960. The second-order valence-electron chi connectivity index (χ2n) is 11.2. The third-order valence-corrected chi connectivity index (χ3v) is 6.62. The van der Waals surface area contributed by atoms with Crippen LogP contribution in [0.25, 0.3) is 0 Å². The van der Waals surface area contributed by atoms with E-state index in [2.05, 4.69) is 34.6 Å². The number of rotatable bonds is 21. The van der Waals surface area contributed by atoms with Crippen LogP contribution in [0.5, 0.6) is 11.5 Å². The predicted octanol–water partition coefficient (Wildman–Crippen LogP) is 9.61. The third-order valence-electron chi connectivity index (χ3n) is 6.62. The van der Waals surface area contributed by atoms with Crippen molar-refractivity contribution in [2.45, 2.75) is 144 Å². The van der Waals surface area contributed by atoms with E-state index in [1.165, 1.54) is 38.5 Å². The predicted molar refractivity (Wildman–Crippen MR) is 151 cm³/mol. The molecule has 0 heterocycles. The number of unbranched alkanes of at least 4 members (excludes halogenated alkanes) is 9. The number of esters is 2. The van der Waals surface area contributed by atoms with Crippen molar-refractivity contribution >= 4 is 11.9 Å². The van der Waals surface area contributed by atoms with Gasteiger partial charge >= 0.3 is 11.9 Å². The minimum absolute atomic E-state index is 0.239. The molecule has 0 saturated heterocycles. The fraction of sp³-hybridized carbons (Fsp3) is 0.750. The SMILES string of the molecule is CCCCCCCCCCc1cccc(OC(=O)CCCCC(C)C)c1OC(=O)CCCCC(C)C. The van der Waals surface area contributed by atoms with E-state index in [1.54, 1.807) is 6.07 Å². The Morgan fingerprint density at radius 2 is 1.19 bits per heavy atom. The van der Waals surface area contributed by atoms with Gasteiger partial charge in [0.2, 0.25) is 0 Å². The van der Waals surface area contributed by atoms with E-state index < -0.39 is 0 Å². The van der Waals surface area contributed by atoms with Gasteiger partial charge in [0.1, 0.15) is 0 Å². The van der Waals surface area contributed by atoms with E-state index in [0.29, 0.717) is 36.2 Å². The van der Waals surface area contributed by atoms with E-state index in [-0.39, 0.29) is 11.9 Å². The van der Waals surface area contributed by atoms with Crippen LogP contribution in [0.3, 0.4) is 0 Å². The van der Waals surface area contributed by atoms with Gasteiger partial charge in [-0.25, -0.2) is 0 Å². The molecular weight excluding hydrogens is 448 g/mol. The zero-order valence-electron chi connectivity index (χ0n) is 24.0. The first kappa shape index (κ1) is 32.2. The van der Waals surface area contributed by atoms with Crippen LogP contribution in [0, 0.1) is 11.8 Å². The summed E-state index contributed by atoms with van der Waals surface area (Å²) in [5.74, 6) is 1.62. The van der Waals surface area contributed by atoms with E-state index in [9.17, 15) is 9.59 Å². The van der Waals surface area contributed by atoms with E-state index in [0.717, 1.165) is 63.4 Å². The van der Waals surface area contributed by atoms with Gasteiger partial charge in [0.15, 0.2) is 11.5 Å². The van der Waals surface area contributed by atoms with E-state index >= 15 is 0 Å². The van der Waals surface area contributed by atoms with Crippen molar-refractivity contribution in [2.75, 3.05) is 0 Å². The Morgan fingerprint density at radius 1 is 0.667 bits per heavy atom. The maximum atomic E-state index is 12.7. The lowest BCUT2D eigenvalue weighted by molar-refractivity contribution is -0.137. The first-order valence-electron chi connectivity index (χ1n) is 14.9. The summed E-state index contributed by atoms with van der Waals surface area (Å²) >= 11 is 0. The average Bonchev–Trinajstić information content (AvgIpc) is 2.82. The minimum Gasteiger partial charge on any atom is -0.423 e. The molecule has 0 radical (unpaired) electrons. The van der Waals surface area contributed by atoms with Gasteiger partial charge in [0.05, 0.1) is 0 Å². The highest BCUT2D eigenvalue weighted by Gasteiger charge is 2.18. The molecule has 0 fully saturated rings. The topological polar surface area (TPSA) is 52.6 Å². The normalized spacial score (nSPS) is 11.3. The molecule has 0 atom stereocenters. The lowest BCUT2D eigenvalue weighted by Crippen LogP contribution is -2.13. The number of para-hydroxylation sites is 1. The molecule has 4 nitrogen and oxygen atoms in total. The van der Waals surface area contributed by atoms with Crippen LogP contribution in [0.4, 0.5) is 0 Å². The van der Waals surface area contributed by atoms with Crippen molar-refractivity contribution in [3.63, 3.8) is 0 Å². The number of ether oxygens (including phenoxy) is 2. The summed E-state index contributed by atoms with van der Waals surface area (Å²) in [6, 6.07) is 5.66. The second kappa shape index (κ2) is 20.2. The zero-order chi connectivity index (χ0) is 26.6. The molecule has 0 unspecified atom stereocenters. The van der Waals surface area contributed by atoms with Crippen molar-refractivity contribution in [1.82, 2.24) is 0 Å². The molecule has 0 aromatic heterocycles. The smallest absolute Gasteiger partial charge is 0.311 e. The number of carbonyl (C=O) groups is 2. The summed E-state index contributed by atoms with van der Waals surface area (Å²) in [6.07, 6.45) is 17.5. The molecule has 1 rings (SSSR count). The number of benzene rings is 1. The van der Waals surface area contributed by atoms with Crippen LogP contribution in [0.2, 0.25) is 0 Å². The molecular formula is C32H54O4. The molecule has 0 saturated carbocycles. The standard InChI is InChI=1S/C32H54O4/c1-6-7-8-9-10-11-12-13-21-28-22-18-23-29(35-30(33)24-16-14-19-26(2)3)32(28)36-31(34)25-17-15-20-27(4)5/h18,22-23,26-27H,6-17,19-21,24-25H2,1-5H3. The maximum absolute atomic E-state index is 12.7. The molecule has 36 heavy (non-hydrogen) atoms. The van der Waals surface area contributed by atoms with Gasteiger partial charge < -0.3 is 9.47 Å². The van der Waals surface area contributed by atoms with Crippen LogP contribution >= 0.6 is 0 Å². The molecule has 1 aromatic carbocycles. The summed E-state index contributed by atoms with van der Waals surface area (Å²) in [5, 5.41) is 0. The molecule has 0 aliphatic heterocycles. The molecule has 1 aromatic rings. The third kappa shape index (κ3) is 16.0. The average molecular weight is 503 g/mol. The Bertz CT molecular complexity index is 723. The molecule has 4 heteroatoms.